The maximum atomic E-state index is 13.0. The van der Waals surface area contributed by atoms with E-state index < -0.39 is 6.10 Å². The van der Waals surface area contributed by atoms with Gasteiger partial charge in [0.2, 0.25) is 5.75 Å². The van der Waals surface area contributed by atoms with Crippen molar-refractivity contribution in [1.29, 1.82) is 0 Å². The number of methoxy groups -OCH3 is 3. The molecule has 1 saturated heterocycles. The first-order valence-corrected chi connectivity index (χ1v) is 10.7. The van der Waals surface area contributed by atoms with Gasteiger partial charge in [-0.2, -0.15) is 0 Å². The van der Waals surface area contributed by atoms with Gasteiger partial charge in [-0.15, -0.1) is 0 Å². The Morgan fingerprint density at radius 3 is 2.45 bits per heavy atom. The first kappa shape index (κ1) is 21.6. The summed E-state index contributed by atoms with van der Waals surface area (Å²) in [5.41, 5.74) is 2.01. The Morgan fingerprint density at radius 1 is 1.03 bits per heavy atom. The summed E-state index contributed by atoms with van der Waals surface area (Å²) >= 11 is 6.06. The Morgan fingerprint density at radius 2 is 1.77 bits per heavy atom. The smallest absolute Gasteiger partial charge is 0.264 e. The Balaban J connectivity index is 1.36. The fourth-order valence-electron chi connectivity index (χ4n) is 4.21. The van der Waals surface area contributed by atoms with E-state index in [9.17, 15) is 4.79 Å². The Labute approximate surface area is 187 Å². The van der Waals surface area contributed by atoms with E-state index in [-0.39, 0.29) is 5.91 Å². The molecule has 166 valence electrons. The molecule has 8 heteroatoms. The number of benzene rings is 2. The maximum Gasteiger partial charge on any atom is 0.264 e. The van der Waals surface area contributed by atoms with Gasteiger partial charge in [0.15, 0.2) is 17.6 Å². The molecule has 1 amide bonds. The molecule has 0 N–H and O–H groups in total. The SMILES string of the molecule is COc1ccc(CN2CCN(C(=O)C3Cc4cc(Cl)ccc4O3)CC2)c(OC)c1OC. The van der Waals surface area contributed by atoms with Gasteiger partial charge in [-0.3, -0.25) is 9.69 Å². The molecule has 1 unspecified atom stereocenters. The van der Waals surface area contributed by atoms with E-state index in [1.165, 1.54) is 0 Å². The van der Waals surface area contributed by atoms with Gasteiger partial charge < -0.3 is 23.8 Å². The number of amides is 1. The first-order chi connectivity index (χ1) is 15.0. The van der Waals surface area contributed by atoms with Crippen molar-refractivity contribution in [2.75, 3.05) is 47.5 Å². The molecule has 0 aliphatic carbocycles. The Kier molecular flexibility index (Phi) is 6.43. The molecular weight excluding hydrogens is 420 g/mol. The van der Waals surface area contributed by atoms with Crippen molar-refractivity contribution in [3.8, 4) is 23.0 Å². The molecule has 1 fully saturated rings. The molecule has 7 nitrogen and oxygen atoms in total. The van der Waals surface area contributed by atoms with E-state index in [4.69, 9.17) is 30.5 Å². The number of carbonyl (C=O) groups excluding carboxylic acids is 1. The van der Waals surface area contributed by atoms with Gasteiger partial charge in [-0.05, 0) is 29.8 Å². The quantitative estimate of drug-likeness (QED) is 0.679. The second kappa shape index (κ2) is 9.24. The predicted molar refractivity (Wildman–Crippen MR) is 118 cm³/mol. The van der Waals surface area contributed by atoms with Crippen LogP contribution in [0.2, 0.25) is 5.02 Å². The van der Waals surface area contributed by atoms with Gasteiger partial charge in [0, 0.05) is 49.7 Å². The summed E-state index contributed by atoms with van der Waals surface area (Å²) in [6.45, 7) is 3.57. The van der Waals surface area contributed by atoms with Crippen LogP contribution in [0, 0.1) is 0 Å². The van der Waals surface area contributed by atoms with Crippen LogP contribution in [-0.2, 0) is 17.8 Å². The fraction of sp³-hybridized carbons (Fsp3) is 0.435. The van der Waals surface area contributed by atoms with E-state index in [1.54, 1.807) is 27.4 Å². The molecule has 4 rings (SSSR count). The summed E-state index contributed by atoms with van der Waals surface area (Å²) in [7, 11) is 4.84. The normalized spacial score (nSPS) is 18.3. The van der Waals surface area contributed by atoms with Crippen LogP contribution in [0.15, 0.2) is 30.3 Å². The standard InChI is InChI=1S/C23H27ClN2O5/c1-28-19-6-4-15(21(29-2)22(19)30-3)14-25-8-10-26(11-9-25)23(27)20-13-16-12-17(24)5-7-18(16)31-20/h4-7,12,20H,8-11,13-14H2,1-3H3. The largest absolute Gasteiger partial charge is 0.493 e. The fourth-order valence-corrected chi connectivity index (χ4v) is 4.41. The van der Waals surface area contributed by atoms with Crippen LogP contribution in [0.1, 0.15) is 11.1 Å². The summed E-state index contributed by atoms with van der Waals surface area (Å²) in [6.07, 6.45) is 0.101. The average Bonchev–Trinajstić information content (AvgIpc) is 3.21. The van der Waals surface area contributed by atoms with Gasteiger partial charge in [0.05, 0.1) is 21.3 Å². The zero-order valence-corrected chi connectivity index (χ0v) is 18.8. The molecule has 0 spiro atoms. The third kappa shape index (κ3) is 4.38. The zero-order valence-electron chi connectivity index (χ0n) is 18.0. The molecule has 2 aromatic rings. The number of ether oxygens (including phenoxy) is 4. The second-order valence-corrected chi connectivity index (χ2v) is 8.09. The van der Waals surface area contributed by atoms with E-state index >= 15 is 0 Å². The zero-order chi connectivity index (χ0) is 22.0. The molecule has 0 aromatic heterocycles. The van der Waals surface area contributed by atoms with Gasteiger partial charge in [-0.25, -0.2) is 0 Å². The van der Waals surface area contributed by atoms with Crippen molar-refractivity contribution in [3.63, 3.8) is 0 Å². The third-order valence-electron chi connectivity index (χ3n) is 5.84. The lowest BCUT2D eigenvalue weighted by molar-refractivity contribution is -0.139. The number of rotatable bonds is 6. The minimum atomic E-state index is -0.467. The highest BCUT2D eigenvalue weighted by molar-refractivity contribution is 6.30. The molecule has 2 heterocycles. The molecule has 2 aromatic carbocycles. The van der Waals surface area contributed by atoms with Gasteiger partial charge in [-0.1, -0.05) is 17.7 Å². The van der Waals surface area contributed by atoms with E-state index in [1.807, 2.05) is 29.2 Å². The van der Waals surface area contributed by atoms with E-state index in [2.05, 4.69) is 4.90 Å². The Hall–Kier alpha value is -2.64. The minimum absolute atomic E-state index is 0.0377. The van der Waals surface area contributed by atoms with Crippen LogP contribution in [0.4, 0.5) is 0 Å². The molecule has 1 atom stereocenters. The van der Waals surface area contributed by atoms with Crippen LogP contribution in [0.3, 0.4) is 0 Å². The number of nitrogens with zero attached hydrogens (tertiary/aromatic N) is 2. The number of halogens is 1. The maximum absolute atomic E-state index is 13.0. The predicted octanol–water partition coefficient (Wildman–Crippen LogP) is 3.01. The van der Waals surface area contributed by atoms with Crippen molar-refractivity contribution >= 4 is 17.5 Å². The van der Waals surface area contributed by atoms with Crippen LogP contribution < -0.4 is 18.9 Å². The van der Waals surface area contributed by atoms with Crippen LogP contribution in [0.25, 0.3) is 0 Å². The highest BCUT2D eigenvalue weighted by atomic mass is 35.5. The molecule has 0 bridgehead atoms. The third-order valence-corrected chi connectivity index (χ3v) is 6.07. The average molecular weight is 447 g/mol. The molecule has 2 aliphatic heterocycles. The van der Waals surface area contributed by atoms with Crippen molar-refractivity contribution < 1.29 is 23.7 Å². The summed E-state index contributed by atoms with van der Waals surface area (Å²) < 4.78 is 22.3. The highest BCUT2D eigenvalue weighted by Crippen LogP contribution is 2.40. The first-order valence-electron chi connectivity index (χ1n) is 10.3. The number of piperazine rings is 1. The lowest BCUT2D eigenvalue weighted by Gasteiger charge is -2.36. The molecule has 2 aliphatic rings. The van der Waals surface area contributed by atoms with Crippen molar-refractivity contribution in [3.05, 3.63) is 46.5 Å². The van der Waals surface area contributed by atoms with Gasteiger partial charge in [0.1, 0.15) is 5.75 Å². The molecule has 0 radical (unpaired) electrons. The number of fused-ring (bicyclic) bond motifs is 1. The summed E-state index contributed by atoms with van der Waals surface area (Å²) in [6, 6.07) is 9.37. The van der Waals surface area contributed by atoms with Crippen LogP contribution in [-0.4, -0.2) is 69.3 Å². The van der Waals surface area contributed by atoms with Crippen molar-refractivity contribution in [1.82, 2.24) is 9.80 Å². The Bertz CT molecular complexity index is 959. The summed E-state index contributed by atoms with van der Waals surface area (Å²) in [5.74, 6) is 2.69. The van der Waals surface area contributed by atoms with E-state index in [0.717, 1.165) is 30.0 Å². The van der Waals surface area contributed by atoms with Crippen molar-refractivity contribution in [2.24, 2.45) is 0 Å². The highest BCUT2D eigenvalue weighted by Gasteiger charge is 2.34. The molecular formula is C23H27ClN2O5. The molecule has 0 saturated carbocycles. The second-order valence-electron chi connectivity index (χ2n) is 7.66. The number of hydrogen-bond donors (Lipinski definition) is 0. The monoisotopic (exact) mass is 446 g/mol. The summed E-state index contributed by atoms with van der Waals surface area (Å²) in [5, 5.41) is 0.662. The summed E-state index contributed by atoms with van der Waals surface area (Å²) in [4.78, 5) is 17.2. The van der Waals surface area contributed by atoms with Crippen LogP contribution in [0.5, 0.6) is 23.0 Å². The number of carbonyl (C=O) groups is 1. The lowest BCUT2D eigenvalue weighted by Crippen LogP contribution is -2.51. The van der Waals surface area contributed by atoms with Gasteiger partial charge in [0.25, 0.3) is 5.91 Å². The van der Waals surface area contributed by atoms with Crippen LogP contribution >= 0.6 is 11.6 Å². The molecule has 31 heavy (non-hydrogen) atoms. The van der Waals surface area contributed by atoms with Crippen molar-refractivity contribution in [2.45, 2.75) is 19.1 Å². The van der Waals surface area contributed by atoms with Gasteiger partial charge >= 0.3 is 0 Å². The topological polar surface area (TPSA) is 60.5 Å². The van der Waals surface area contributed by atoms with E-state index in [0.29, 0.717) is 48.3 Å². The minimum Gasteiger partial charge on any atom is -0.493 e. The lowest BCUT2D eigenvalue weighted by atomic mass is 10.1. The number of hydrogen-bond acceptors (Lipinski definition) is 6.